The first-order valence-corrected chi connectivity index (χ1v) is 4.77. The van der Waals surface area contributed by atoms with E-state index in [4.69, 9.17) is 10.2 Å². The molecule has 0 unspecified atom stereocenters. The van der Waals surface area contributed by atoms with Crippen molar-refractivity contribution in [2.75, 3.05) is 5.75 Å². The molecule has 1 rings (SSSR count). The van der Waals surface area contributed by atoms with E-state index in [-0.39, 0.29) is 11.9 Å². The lowest BCUT2D eigenvalue weighted by molar-refractivity contribution is 0.220. The van der Waals surface area contributed by atoms with Crippen LogP contribution in [0.25, 0.3) is 0 Å². The number of benzene rings is 1. The van der Waals surface area contributed by atoms with Gasteiger partial charge < -0.3 is 10.2 Å². The maximum atomic E-state index is 9.00. The summed E-state index contributed by atoms with van der Waals surface area (Å²) >= 11 is 1.58. The SMILES string of the molecule is C[C@@H](O)CSc1ccc(O)cc1. The summed E-state index contributed by atoms with van der Waals surface area (Å²) in [6, 6.07) is 6.96. The molecule has 0 bridgehead atoms. The molecule has 0 aliphatic heterocycles. The summed E-state index contributed by atoms with van der Waals surface area (Å²) in [5.41, 5.74) is 0. The van der Waals surface area contributed by atoms with E-state index < -0.39 is 0 Å². The van der Waals surface area contributed by atoms with Gasteiger partial charge in [0.05, 0.1) is 6.10 Å². The number of hydrogen-bond acceptors (Lipinski definition) is 3. The van der Waals surface area contributed by atoms with Crippen molar-refractivity contribution in [2.24, 2.45) is 0 Å². The number of aliphatic hydroxyl groups excluding tert-OH is 1. The average Bonchev–Trinajstić information content (AvgIpc) is 2.03. The first-order chi connectivity index (χ1) is 5.68. The van der Waals surface area contributed by atoms with Crippen LogP contribution >= 0.6 is 11.8 Å². The van der Waals surface area contributed by atoms with Crippen LogP contribution in [0.1, 0.15) is 6.92 Å². The second-order valence-corrected chi connectivity index (χ2v) is 3.75. The molecular weight excluding hydrogens is 172 g/mol. The van der Waals surface area contributed by atoms with Crippen LogP contribution in [0.5, 0.6) is 5.75 Å². The Kier molecular flexibility index (Phi) is 3.44. The second kappa shape index (κ2) is 4.38. The van der Waals surface area contributed by atoms with Gasteiger partial charge in [0, 0.05) is 10.6 Å². The van der Waals surface area contributed by atoms with E-state index >= 15 is 0 Å². The number of phenols is 1. The highest BCUT2D eigenvalue weighted by molar-refractivity contribution is 7.99. The van der Waals surface area contributed by atoms with Crippen LogP contribution in [0.3, 0.4) is 0 Å². The third-order valence-corrected chi connectivity index (χ3v) is 2.58. The Morgan fingerprint density at radius 1 is 1.33 bits per heavy atom. The van der Waals surface area contributed by atoms with E-state index in [0.717, 1.165) is 4.90 Å². The van der Waals surface area contributed by atoms with Crippen molar-refractivity contribution in [1.82, 2.24) is 0 Å². The van der Waals surface area contributed by atoms with Crippen molar-refractivity contribution in [3.63, 3.8) is 0 Å². The van der Waals surface area contributed by atoms with Gasteiger partial charge in [-0.3, -0.25) is 0 Å². The van der Waals surface area contributed by atoms with Crippen LogP contribution in [0, 0.1) is 0 Å². The zero-order valence-corrected chi connectivity index (χ0v) is 7.71. The predicted molar refractivity (Wildman–Crippen MR) is 50.5 cm³/mol. The molecule has 0 aliphatic rings. The maximum Gasteiger partial charge on any atom is 0.115 e. The van der Waals surface area contributed by atoms with Gasteiger partial charge in [-0.25, -0.2) is 0 Å². The van der Waals surface area contributed by atoms with E-state index in [1.807, 2.05) is 12.1 Å². The van der Waals surface area contributed by atoms with Gasteiger partial charge in [0.25, 0.3) is 0 Å². The fraction of sp³-hybridized carbons (Fsp3) is 0.333. The van der Waals surface area contributed by atoms with Gasteiger partial charge in [-0.05, 0) is 31.2 Å². The van der Waals surface area contributed by atoms with Crippen LogP contribution in [0.15, 0.2) is 29.2 Å². The number of hydrogen-bond donors (Lipinski definition) is 2. The first-order valence-electron chi connectivity index (χ1n) is 3.78. The molecule has 0 saturated heterocycles. The van der Waals surface area contributed by atoms with Crippen molar-refractivity contribution in [3.8, 4) is 5.75 Å². The summed E-state index contributed by atoms with van der Waals surface area (Å²) in [6.45, 7) is 1.76. The van der Waals surface area contributed by atoms with Gasteiger partial charge >= 0.3 is 0 Å². The smallest absolute Gasteiger partial charge is 0.115 e. The molecule has 0 aliphatic carbocycles. The topological polar surface area (TPSA) is 40.5 Å². The number of thioether (sulfide) groups is 1. The number of aliphatic hydroxyl groups is 1. The molecule has 0 heterocycles. The van der Waals surface area contributed by atoms with Crippen molar-refractivity contribution < 1.29 is 10.2 Å². The van der Waals surface area contributed by atoms with Crippen LogP contribution in [-0.4, -0.2) is 22.1 Å². The summed E-state index contributed by atoms with van der Waals surface area (Å²) < 4.78 is 0. The molecule has 0 radical (unpaired) electrons. The zero-order valence-electron chi connectivity index (χ0n) is 6.90. The molecule has 0 fully saturated rings. The molecule has 3 heteroatoms. The van der Waals surface area contributed by atoms with Gasteiger partial charge in [-0.2, -0.15) is 0 Å². The largest absolute Gasteiger partial charge is 0.508 e. The normalized spacial score (nSPS) is 12.8. The van der Waals surface area contributed by atoms with Gasteiger partial charge in [0.1, 0.15) is 5.75 Å². The molecular formula is C9H12O2S. The molecule has 0 aromatic heterocycles. The lowest BCUT2D eigenvalue weighted by atomic mass is 10.3. The standard InChI is InChI=1S/C9H12O2S/c1-7(10)6-12-9-4-2-8(11)3-5-9/h2-5,7,10-11H,6H2,1H3/t7-/m1/s1. The summed E-state index contributed by atoms with van der Waals surface area (Å²) in [4.78, 5) is 1.06. The maximum absolute atomic E-state index is 9.00. The van der Waals surface area contributed by atoms with Gasteiger partial charge in [-0.1, -0.05) is 0 Å². The summed E-state index contributed by atoms with van der Waals surface area (Å²) in [5, 5.41) is 18.0. The number of rotatable bonds is 3. The average molecular weight is 184 g/mol. The minimum absolute atomic E-state index is 0.274. The second-order valence-electron chi connectivity index (χ2n) is 2.65. The van der Waals surface area contributed by atoms with Crippen LogP contribution in [0.2, 0.25) is 0 Å². The van der Waals surface area contributed by atoms with E-state index in [9.17, 15) is 0 Å². The molecule has 12 heavy (non-hydrogen) atoms. The summed E-state index contributed by atoms with van der Waals surface area (Å²) in [7, 11) is 0. The Labute approximate surface area is 76.2 Å². The Hall–Kier alpha value is -0.670. The monoisotopic (exact) mass is 184 g/mol. The van der Waals surface area contributed by atoms with Crippen molar-refractivity contribution in [3.05, 3.63) is 24.3 Å². The van der Waals surface area contributed by atoms with Crippen molar-refractivity contribution >= 4 is 11.8 Å². The summed E-state index contributed by atoms with van der Waals surface area (Å²) in [5.74, 6) is 0.960. The Morgan fingerprint density at radius 2 is 1.92 bits per heavy atom. The highest BCUT2D eigenvalue weighted by Crippen LogP contribution is 2.20. The molecule has 2 nitrogen and oxygen atoms in total. The molecule has 0 spiro atoms. The molecule has 0 saturated carbocycles. The van der Waals surface area contributed by atoms with Crippen molar-refractivity contribution in [2.45, 2.75) is 17.9 Å². The zero-order chi connectivity index (χ0) is 8.97. The predicted octanol–water partition coefficient (Wildman–Crippen LogP) is 1.87. The molecule has 1 aromatic carbocycles. The minimum atomic E-state index is -0.288. The quantitative estimate of drug-likeness (QED) is 0.704. The molecule has 2 N–H and O–H groups in total. The van der Waals surface area contributed by atoms with Crippen molar-refractivity contribution in [1.29, 1.82) is 0 Å². The first kappa shape index (κ1) is 9.42. The van der Waals surface area contributed by atoms with E-state index in [0.29, 0.717) is 5.75 Å². The van der Waals surface area contributed by atoms with Gasteiger partial charge in [-0.15, -0.1) is 11.8 Å². The highest BCUT2D eigenvalue weighted by Gasteiger charge is 1.97. The third kappa shape index (κ3) is 3.15. The Bertz CT molecular complexity index is 231. The Morgan fingerprint density at radius 3 is 2.42 bits per heavy atom. The lowest BCUT2D eigenvalue weighted by Crippen LogP contribution is -2.01. The molecule has 0 amide bonds. The molecule has 1 aromatic rings. The highest BCUT2D eigenvalue weighted by atomic mass is 32.2. The van der Waals surface area contributed by atoms with Crippen LogP contribution < -0.4 is 0 Å². The van der Waals surface area contributed by atoms with Crippen LogP contribution in [-0.2, 0) is 0 Å². The molecule has 1 atom stereocenters. The van der Waals surface area contributed by atoms with E-state index in [1.165, 1.54) is 0 Å². The van der Waals surface area contributed by atoms with Gasteiger partial charge in [0.2, 0.25) is 0 Å². The molecule has 66 valence electrons. The number of phenolic OH excluding ortho intramolecular Hbond substituents is 1. The lowest BCUT2D eigenvalue weighted by Gasteiger charge is -2.03. The van der Waals surface area contributed by atoms with E-state index in [2.05, 4.69) is 0 Å². The third-order valence-electron chi connectivity index (χ3n) is 1.33. The minimum Gasteiger partial charge on any atom is -0.508 e. The fourth-order valence-corrected chi connectivity index (χ4v) is 1.52. The Balaban J connectivity index is 2.48. The number of aromatic hydroxyl groups is 1. The summed E-state index contributed by atoms with van der Waals surface area (Å²) in [6.07, 6.45) is -0.288. The van der Waals surface area contributed by atoms with E-state index in [1.54, 1.807) is 30.8 Å². The van der Waals surface area contributed by atoms with Crippen LogP contribution in [0.4, 0.5) is 0 Å². The fourth-order valence-electron chi connectivity index (χ4n) is 0.759. The van der Waals surface area contributed by atoms with Gasteiger partial charge in [0.15, 0.2) is 0 Å².